The van der Waals surface area contributed by atoms with Gasteiger partial charge < -0.3 is 4.74 Å². The van der Waals surface area contributed by atoms with Crippen molar-refractivity contribution in [3.05, 3.63) is 0 Å². The van der Waals surface area contributed by atoms with E-state index in [1.54, 1.807) is 0 Å². The van der Waals surface area contributed by atoms with E-state index in [-0.39, 0.29) is 44.2 Å². The molecule has 0 aliphatic rings. The molecule has 7 heavy (non-hydrogen) atoms. The van der Waals surface area contributed by atoms with Gasteiger partial charge in [0.15, 0.2) is 0 Å². The molecule has 0 spiro atoms. The van der Waals surface area contributed by atoms with Crippen molar-refractivity contribution in [1.82, 2.24) is 0 Å². The van der Waals surface area contributed by atoms with Crippen LogP contribution in [0.2, 0.25) is 0 Å². The quantitative estimate of drug-likeness (QED) is 0.193. The number of rotatable bonds is 1. The molecule has 0 aromatic heterocycles. The molecule has 0 radical (unpaired) electrons. The van der Waals surface area contributed by atoms with Gasteiger partial charge in [0.2, 0.25) is 0 Å². The Morgan fingerprint density at radius 3 is 2.14 bits per heavy atom. The van der Waals surface area contributed by atoms with Crippen LogP contribution in [0.3, 0.4) is 0 Å². The van der Waals surface area contributed by atoms with E-state index in [2.05, 4.69) is 4.74 Å². The van der Waals surface area contributed by atoms with Crippen molar-refractivity contribution in [2.75, 3.05) is 0 Å². The number of hydrogen-bond donors (Lipinski definition) is 0. The first kappa shape index (κ1) is 10.4. The van der Waals surface area contributed by atoms with E-state index in [1.165, 1.54) is 0 Å². The minimum absolute atomic E-state index is 0. The van der Waals surface area contributed by atoms with E-state index in [9.17, 15) is 9.59 Å². The van der Waals surface area contributed by atoms with Gasteiger partial charge in [-0.05, 0) is 0 Å². The zero-order chi connectivity index (χ0) is 4.99. The summed E-state index contributed by atoms with van der Waals surface area (Å²) in [6.07, 6.45) is 0. The molecule has 0 fully saturated rings. The minimum atomic E-state index is -0.579. The van der Waals surface area contributed by atoms with Crippen LogP contribution in [0.5, 0.6) is 0 Å². The molecule has 0 rings (SSSR count). The summed E-state index contributed by atoms with van der Waals surface area (Å²) in [5, 5.41) is 0. The van der Waals surface area contributed by atoms with E-state index in [0.717, 1.165) is 6.92 Å². The second-order valence-corrected chi connectivity index (χ2v) is 0.706. The van der Waals surface area contributed by atoms with Crippen molar-refractivity contribution >= 4 is 50.2 Å². The predicted octanol–water partition coefficient (Wildman–Crippen LogP) is -1.21. The van der Waals surface area contributed by atoms with Crippen molar-refractivity contribution in [2.24, 2.45) is 0 Å². The molecule has 0 aliphatic heterocycles. The topological polar surface area (TPSA) is 43.4 Å². The van der Waals surface area contributed by atoms with Gasteiger partial charge in [0.25, 0.3) is 0 Å². The van der Waals surface area contributed by atoms with E-state index >= 15 is 0 Å². The monoisotopic (exact) mass is 130 g/mol. The fourth-order valence-electron chi connectivity index (χ4n) is 0.0678. The van der Waals surface area contributed by atoms with Crippen LogP contribution in [0.15, 0.2) is 0 Å². The molecule has 0 N–H and O–H groups in total. The summed E-state index contributed by atoms with van der Waals surface area (Å²) in [7, 11) is 0. The van der Waals surface area contributed by atoms with E-state index in [4.69, 9.17) is 0 Å². The van der Waals surface area contributed by atoms with Crippen LogP contribution < -0.4 is 0 Å². The van der Waals surface area contributed by atoms with Crippen LogP contribution in [-0.4, -0.2) is 50.2 Å². The standard InChI is InChI=1S/C3H4O3.Ca.2H/c1-3(5)6-2-4;;;/h2H,1H3;;;. The summed E-state index contributed by atoms with van der Waals surface area (Å²) in [4.78, 5) is 18.8. The Balaban J connectivity index is 0. The Morgan fingerprint density at radius 1 is 1.71 bits per heavy atom. The molecule has 0 bridgehead atoms. The molecule has 0 atom stereocenters. The Morgan fingerprint density at radius 2 is 2.14 bits per heavy atom. The van der Waals surface area contributed by atoms with Crippen LogP contribution in [0, 0.1) is 0 Å². The molecule has 0 aromatic rings. The van der Waals surface area contributed by atoms with Gasteiger partial charge in [0.1, 0.15) is 0 Å². The van der Waals surface area contributed by atoms with Gasteiger partial charge in [-0.15, -0.1) is 0 Å². The van der Waals surface area contributed by atoms with Crippen molar-refractivity contribution in [3.8, 4) is 0 Å². The van der Waals surface area contributed by atoms with Gasteiger partial charge in [-0.25, -0.2) is 0 Å². The van der Waals surface area contributed by atoms with Gasteiger partial charge >= 0.3 is 50.2 Å². The molecular weight excluding hydrogens is 124 g/mol. The molecule has 4 heteroatoms. The molecule has 0 aromatic carbocycles. The molecule has 0 amide bonds. The predicted molar refractivity (Wildman–Crippen MR) is 26.4 cm³/mol. The van der Waals surface area contributed by atoms with Gasteiger partial charge in [-0.3, -0.25) is 9.59 Å². The zero-order valence-electron chi connectivity index (χ0n) is 3.30. The number of carbonyl (C=O) groups excluding carboxylic acids is 2. The summed E-state index contributed by atoms with van der Waals surface area (Å²) in [6, 6.07) is 0. The molecule has 38 valence electrons. The Kier molecular flexibility index (Phi) is 9.50. The van der Waals surface area contributed by atoms with Gasteiger partial charge in [-0.1, -0.05) is 0 Å². The fourth-order valence-corrected chi connectivity index (χ4v) is 0.0678. The number of carbonyl (C=O) groups is 2. The average molecular weight is 130 g/mol. The van der Waals surface area contributed by atoms with E-state index in [0.29, 0.717) is 0 Å². The van der Waals surface area contributed by atoms with Gasteiger partial charge in [0, 0.05) is 6.92 Å². The van der Waals surface area contributed by atoms with Gasteiger partial charge in [0.05, 0.1) is 0 Å². The Bertz CT molecular complexity index is 70.6. The third kappa shape index (κ3) is 10.7. The normalized spacial score (nSPS) is 5.86. The van der Waals surface area contributed by atoms with Crippen LogP contribution in [0.25, 0.3) is 0 Å². The van der Waals surface area contributed by atoms with E-state index < -0.39 is 5.97 Å². The van der Waals surface area contributed by atoms with Crippen LogP contribution >= 0.6 is 0 Å². The van der Waals surface area contributed by atoms with E-state index in [1.807, 2.05) is 0 Å². The second kappa shape index (κ2) is 6.40. The molecule has 0 unspecified atom stereocenters. The van der Waals surface area contributed by atoms with Crippen molar-refractivity contribution in [2.45, 2.75) is 6.92 Å². The Hall–Kier alpha value is 0.400. The number of ether oxygens (including phenoxy) is 1. The summed E-state index contributed by atoms with van der Waals surface area (Å²) >= 11 is 0. The van der Waals surface area contributed by atoms with Crippen molar-refractivity contribution < 1.29 is 14.3 Å². The maximum absolute atomic E-state index is 9.59. The van der Waals surface area contributed by atoms with Crippen LogP contribution in [-0.2, 0) is 14.3 Å². The Labute approximate surface area is 71.0 Å². The molecule has 0 heterocycles. The third-order valence-electron chi connectivity index (χ3n) is 0.214. The van der Waals surface area contributed by atoms with Crippen LogP contribution in [0.1, 0.15) is 6.92 Å². The van der Waals surface area contributed by atoms with Crippen LogP contribution in [0.4, 0.5) is 0 Å². The fraction of sp³-hybridized carbons (Fsp3) is 0.333. The third-order valence-corrected chi connectivity index (χ3v) is 0.214. The van der Waals surface area contributed by atoms with Gasteiger partial charge in [-0.2, -0.15) is 0 Å². The average Bonchev–Trinajstić information content (AvgIpc) is 1.35. The molecule has 0 aliphatic carbocycles. The number of hydrogen-bond acceptors (Lipinski definition) is 3. The first-order chi connectivity index (χ1) is 2.77. The maximum atomic E-state index is 9.59. The summed E-state index contributed by atoms with van der Waals surface area (Å²) < 4.78 is 3.72. The van der Waals surface area contributed by atoms with Crippen molar-refractivity contribution in [1.29, 1.82) is 0 Å². The first-order valence-corrected chi connectivity index (χ1v) is 1.38. The number of esters is 1. The summed E-state index contributed by atoms with van der Waals surface area (Å²) in [6.45, 7) is 1.26. The zero-order valence-corrected chi connectivity index (χ0v) is 3.30. The summed E-state index contributed by atoms with van der Waals surface area (Å²) in [5.74, 6) is -0.579. The molecule has 0 saturated heterocycles. The SMILES string of the molecule is CC(=O)OC=O.[CaH2]. The summed E-state index contributed by atoms with van der Waals surface area (Å²) in [5.41, 5.74) is 0. The first-order valence-electron chi connectivity index (χ1n) is 1.38. The molecule has 0 saturated carbocycles. The second-order valence-electron chi connectivity index (χ2n) is 0.706. The van der Waals surface area contributed by atoms with Crippen molar-refractivity contribution in [3.63, 3.8) is 0 Å². The molecular formula is C3H6CaO3. The molecule has 3 nitrogen and oxygen atoms in total.